The third-order valence-corrected chi connectivity index (χ3v) is 1.77. The summed E-state index contributed by atoms with van der Waals surface area (Å²) in [5.74, 6) is 0.464. The monoisotopic (exact) mass is 163 g/mol. The predicted molar refractivity (Wildman–Crippen MR) is 41.0 cm³/mol. The number of hydrogen-bond acceptors (Lipinski definition) is 3. The van der Waals surface area contributed by atoms with Crippen molar-refractivity contribution in [2.45, 2.75) is 19.8 Å². The van der Waals surface area contributed by atoms with Crippen LogP contribution in [0.3, 0.4) is 0 Å². The Labute approximate surface area is 63.2 Å². The Balaban J connectivity index is 3.29. The van der Waals surface area contributed by atoms with E-state index >= 15 is 0 Å². The van der Waals surface area contributed by atoms with E-state index in [1.54, 1.807) is 0 Å². The molecule has 1 atom stereocenters. The van der Waals surface area contributed by atoms with E-state index in [-0.39, 0.29) is 8.69 Å². The van der Waals surface area contributed by atoms with Crippen LogP contribution in [0.2, 0.25) is 0 Å². The lowest BCUT2D eigenvalue weighted by Gasteiger charge is -2.09. The first kappa shape index (κ1) is 10.0. The van der Waals surface area contributed by atoms with Gasteiger partial charge in [0, 0.05) is 0 Å². The molecule has 1 unspecified atom stereocenters. The molecule has 0 fully saturated rings. The van der Waals surface area contributed by atoms with E-state index in [2.05, 4.69) is 6.92 Å². The molecule has 0 aromatic rings. The maximum absolute atomic E-state index is 9.87. The van der Waals surface area contributed by atoms with E-state index < -0.39 is 0 Å². The van der Waals surface area contributed by atoms with Crippen molar-refractivity contribution in [3.8, 4) is 0 Å². The minimum Gasteiger partial charge on any atom is -0.330 e. The number of nitrogens with two attached hydrogens (primary N) is 1. The fourth-order valence-corrected chi connectivity index (χ4v) is 1.05. The summed E-state index contributed by atoms with van der Waals surface area (Å²) in [6.07, 6.45) is 1.98. The van der Waals surface area contributed by atoms with Gasteiger partial charge in [0.2, 0.25) is 0 Å². The number of rotatable bonds is 6. The number of hydrogen-bond donors (Lipinski definition) is 1. The van der Waals surface area contributed by atoms with E-state index in [1.165, 1.54) is 0 Å². The summed E-state index contributed by atoms with van der Waals surface area (Å²) in [4.78, 5) is 0. The van der Waals surface area contributed by atoms with Gasteiger partial charge in [0.25, 0.3) is 0 Å². The molecular formula is C6H14NO2P. The quantitative estimate of drug-likeness (QED) is 0.605. The van der Waals surface area contributed by atoms with Crippen LogP contribution in [0.25, 0.3) is 0 Å². The largest absolute Gasteiger partial charge is 0.330 e. The Hall–Kier alpha value is 0.0200. The molecule has 0 bridgehead atoms. The van der Waals surface area contributed by atoms with Crippen molar-refractivity contribution in [2.75, 3.05) is 13.2 Å². The first-order valence-corrected chi connectivity index (χ1v) is 4.22. The normalized spacial score (nSPS) is 13.8. The highest BCUT2D eigenvalue weighted by molar-refractivity contribution is 7.17. The third kappa shape index (κ3) is 4.86. The van der Waals surface area contributed by atoms with Crippen molar-refractivity contribution in [1.29, 1.82) is 0 Å². The summed E-state index contributed by atoms with van der Waals surface area (Å²) in [6, 6.07) is 0. The lowest BCUT2D eigenvalue weighted by Crippen LogP contribution is -2.11. The molecule has 10 heavy (non-hydrogen) atoms. The van der Waals surface area contributed by atoms with E-state index in [0.29, 0.717) is 19.1 Å². The van der Waals surface area contributed by atoms with Crippen LogP contribution in [0, 0.1) is 5.92 Å². The molecule has 0 aromatic heterocycles. The average molecular weight is 163 g/mol. The lowest BCUT2D eigenvalue weighted by atomic mass is 10.0. The van der Waals surface area contributed by atoms with E-state index in [1.807, 2.05) is 0 Å². The second kappa shape index (κ2) is 7.13. The minimum atomic E-state index is -0.226. The smallest absolute Gasteiger partial charge is 0.327 e. The van der Waals surface area contributed by atoms with Crippen LogP contribution in [0.1, 0.15) is 19.8 Å². The highest BCUT2D eigenvalue weighted by Crippen LogP contribution is 2.10. The van der Waals surface area contributed by atoms with E-state index in [4.69, 9.17) is 10.3 Å². The molecule has 2 N–H and O–H groups in total. The van der Waals surface area contributed by atoms with Crippen molar-refractivity contribution in [1.82, 2.24) is 0 Å². The Morgan fingerprint density at radius 1 is 1.70 bits per heavy atom. The first-order chi connectivity index (χ1) is 4.85. The molecule has 4 heteroatoms. The van der Waals surface area contributed by atoms with Crippen molar-refractivity contribution in [3.63, 3.8) is 0 Å². The van der Waals surface area contributed by atoms with Crippen molar-refractivity contribution in [2.24, 2.45) is 11.7 Å². The van der Waals surface area contributed by atoms with Crippen LogP contribution in [-0.2, 0) is 9.09 Å². The van der Waals surface area contributed by atoms with Gasteiger partial charge in [-0.05, 0) is 18.9 Å². The summed E-state index contributed by atoms with van der Waals surface area (Å²) in [5.41, 5.74) is 5.34. The van der Waals surface area contributed by atoms with Gasteiger partial charge in [0.05, 0.1) is 6.61 Å². The van der Waals surface area contributed by atoms with Gasteiger partial charge in [-0.1, -0.05) is 13.3 Å². The van der Waals surface area contributed by atoms with E-state index in [9.17, 15) is 4.57 Å². The Kier molecular flexibility index (Phi) is 7.15. The summed E-state index contributed by atoms with van der Waals surface area (Å²) >= 11 is 0. The van der Waals surface area contributed by atoms with Crippen LogP contribution in [-0.4, -0.2) is 13.2 Å². The van der Waals surface area contributed by atoms with Gasteiger partial charge in [-0.3, -0.25) is 4.52 Å². The van der Waals surface area contributed by atoms with Gasteiger partial charge < -0.3 is 5.73 Å². The van der Waals surface area contributed by atoms with Crippen LogP contribution in [0.4, 0.5) is 0 Å². The third-order valence-electron chi connectivity index (χ3n) is 1.52. The molecule has 0 amide bonds. The molecule has 60 valence electrons. The molecule has 0 aromatic carbocycles. The summed E-state index contributed by atoms with van der Waals surface area (Å²) in [5, 5.41) is 0. The van der Waals surface area contributed by atoms with Crippen molar-refractivity contribution in [3.05, 3.63) is 0 Å². The summed E-state index contributed by atoms with van der Waals surface area (Å²) in [7, 11) is -0.226. The molecular weight excluding hydrogens is 149 g/mol. The second-order valence-corrected chi connectivity index (χ2v) is 2.63. The van der Waals surface area contributed by atoms with Gasteiger partial charge in [0.15, 0.2) is 0 Å². The topological polar surface area (TPSA) is 52.3 Å². The van der Waals surface area contributed by atoms with Crippen LogP contribution < -0.4 is 5.73 Å². The van der Waals surface area contributed by atoms with Gasteiger partial charge in [-0.2, -0.15) is 0 Å². The SMILES string of the molecule is CCC(CCN)COP=O. The van der Waals surface area contributed by atoms with Gasteiger partial charge >= 0.3 is 8.69 Å². The molecule has 0 saturated carbocycles. The maximum Gasteiger partial charge on any atom is 0.327 e. The van der Waals surface area contributed by atoms with Crippen LogP contribution >= 0.6 is 8.69 Å². The standard InChI is InChI=1S/C6H14NO2P/c1-2-6(3-4-7)5-9-10-8/h6H,2-5,7H2,1H3. The molecule has 0 spiro atoms. The average Bonchev–Trinajstić information content (AvgIpc) is 1.98. The zero-order valence-electron chi connectivity index (χ0n) is 6.25. The van der Waals surface area contributed by atoms with Crippen LogP contribution in [0.5, 0.6) is 0 Å². The molecule has 0 aliphatic heterocycles. The second-order valence-electron chi connectivity index (χ2n) is 2.22. The molecule has 0 aliphatic carbocycles. The molecule has 0 aliphatic rings. The van der Waals surface area contributed by atoms with Gasteiger partial charge in [-0.25, -0.2) is 4.57 Å². The first-order valence-electron chi connectivity index (χ1n) is 3.49. The fraction of sp³-hybridized carbons (Fsp3) is 1.00. The highest BCUT2D eigenvalue weighted by atomic mass is 31.1. The summed E-state index contributed by atoms with van der Waals surface area (Å²) < 4.78 is 14.6. The molecule has 0 heterocycles. The maximum atomic E-state index is 9.87. The van der Waals surface area contributed by atoms with Crippen LogP contribution in [0.15, 0.2) is 0 Å². The Bertz CT molecular complexity index is 89.8. The zero-order valence-corrected chi connectivity index (χ0v) is 7.14. The Morgan fingerprint density at radius 3 is 2.80 bits per heavy atom. The zero-order chi connectivity index (χ0) is 7.82. The van der Waals surface area contributed by atoms with E-state index in [0.717, 1.165) is 12.8 Å². The lowest BCUT2D eigenvalue weighted by molar-refractivity contribution is 0.257. The Morgan fingerprint density at radius 2 is 2.40 bits per heavy atom. The molecule has 0 radical (unpaired) electrons. The van der Waals surface area contributed by atoms with Gasteiger partial charge in [-0.15, -0.1) is 0 Å². The van der Waals surface area contributed by atoms with Crippen molar-refractivity contribution < 1.29 is 9.09 Å². The highest BCUT2D eigenvalue weighted by Gasteiger charge is 2.04. The van der Waals surface area contributed by atoms with Gasteiger partial charge in [0.1, 0.15) is 0 Å². The van der Waals surface area contributed by atoms with Crippen molar-refractivity contribution >= 4 is 8.69 Å². The fourth-order valence-electron chi connectivity index (χ4n) is 0.777. The summed E-state index contributed by atoms with van der Waals surface area (Å²) in [6.45, 7) is 3.31. The predicted octanol–water partition coefficient (Wildman–Crippen LogP) is 1.58. The molecule has 0 rings (SSSR count). The molecule has 3 nitrogen and oxygen atoms in total. The molecule has 0 saturated heterocycles. The minimum absolute atomic E-state index is 0.226.